The van der Waals surface area contributed by atoms with Crippen molar-refractivity contribution < 1.29 is 5.11 Å². The summed E-state index contributed by atoms with van der Waals surface area (Å²) >= 11 is 0. The molecule has 0 radical (unpaired) electrons. The van der Waals surface area contributed by atoms with Crippen molar-refractivity contribution in [2.45, 2.75) is 25.4 Å². The maximum atomic E-state index is 10.0. The summed E-state index contributed by atoms with van der Waals surface area (Å²) in [7, 11) is 0. The van der Waals surface area contributed by atoms with Gasteiger partial charge in [0, 0.05) is 12.6 Å². The molecular weight excluding hydrogens is 224 g/mol. The molecule has 0 amide bonds. The van der Waals surface area contributed by atoms with Crippen molar-refractivity contribution in [1.82, 2.24) is 4.98 Å². The minimum atomic E-state index is -0.378. The minimum absolute atomic E-state index is 0.378. The number of hydrogen-bond donors (Lipinski definition) is 2. The van der Waals surface area contributed by atoms with E-state index in [1.54, 1.807) is 6.20 Å². The smallest absolute Gasteiger partial charge is 0.126 e. The first-order chi connectivity index (χ1) is 8.75. The lowest BCUT2D eigenvalue weighted by Gasteiger charge is -2.11. The highest BCUT2D eigenvalue weighted by Crippen LogP contribution is 2.13. The van der Waals surface area contributed by atoms with Crippen LogP contribution >= 0.6 is 0 Å². The summed E-state index contributed by atoms with van der Waals surface area (Å²) in [6.07, 6.45) is 3.46. The van der Waals surface area contributed by atoms with Gasteiger partial charge in [0.2, 0.25) is 0 Å². The summed E-state index contributed by atoms with van der Waals surface area (Å²) < 4.78 is 0. The molecule has 1 unspecified atom stereocenters. The normalized spacial score (nSPS) is 12.3. The molecule has 18 heavy (non-hydrogen) atoms. The van der Waals surface area contributed by atoms with Gasteiger partial charge >= 0.3 is 0 Å². The Morgan fingerprint density at radius 3 is 2.61 bits per heavy atom. The van der Waals surface area contributed by atoms with E-state index in [0.717, 1.165) is 18.4 Å². The van der Waals surface area contributed by atoms with Crippen molar-refractivity contribution >= 4 is 5.82 Å². The first-order valence-electron chi connectivity index (χ1n) is 6.17. The number of hydrogen-bond acceptors (Lipinski definition) is 3. The second kappa shape index (κ2) is 6.17. The van der Waals surface area contributed by atoms with Crippen LogP contribution in [0.15, 0.2) is 48.7 Å². The van der Waals surface area contributed by atoms with E-state index in [4.69, 9.17) is 5.73 Å². The number of nitrogen functional groups attached to an aromatic ring is 1. The fraction of sp³-hybridized carbons (Fsp3) is 0.267. The Hall–Kier alpha value is -1.87. The molecule has 0 aliphatic rings. The minimum Gasteiger partial charge on any atom is -0.393 e. The Kier molecular flexibility index (Phi) is 4.31. The number of aromatic nitrogens is 1. The van der Waals surface area contributed by atoms with Crippen LogP contribution in [0.5, 0.6) is 0 Å². The molecule has 0 aliphatic carbocycles. The zero-order valence-electron chi connectivity index (χ0n) is 10.3. The molecule has 3 heteroatoms. The van der Waals surface area contributed by atoms with E-state index < -0.39 is 0 Å². The maximum Gasteiger partial charge on any atom is 0.126 e. The zero-order valence-corrected chi connectivity index (χ0v) is 10.3. The lowest BCUT2D eigenvalue weighted by molar-refractivity contribution is 0.165. The predicted molar refractivity (Wildman–Crippen MR) is 73.1 cm³/mol. The number of benzene rings is 1. The molecular formula is C15H18N2O. The van der Waals surface area contributed by atoms with Gasteiger partial charge in [-0.2, -0.15) is 0 Å². The number of anilines is 1. The fourth-order valence-corrected chi connectivity index (χ4v) is 1.96. The fourth-order valence-electron chi connectivity index (χ4n) is 1.96. The molecule has 0 fully saturated rings. The highest BCUT2D eigenvalue weighted by atomic mass is 16.3. The Labute approximate surface area is 107 Å². The van der Waals surface area contributed by atoms with Gasteiger partial charge < -0.3 is 10.8 Å². The van der Waals surface area contributed by atoms with Gasteiger partial charge in [0.15, 0.2) is 0 Å². The van der Waals surface area contributed by atoms with Gasteiger partial charge in [0.05, 0.1) is 6.10 Å². The van der Waals surface area contributed by atoms with Crippen LogP contribution in [0.2, 0.25) is 0 Å². The third-order valence-corrected chi connectivity index (χ3v) is 2.99. The van der Waals surface area contributed by atoms with Crippen molar-refractivity contribution in [1.29, 1.82) is 0 Å². The van der Waals surface area contributed by atoms with E-state index in [0.29, 0.717) is 12.2 Å². The lowest BCUT2D eigenvalue weighted by atomic mass is 10.0. The van der Waals surface area contributed by atoms with Gasteiger partial charge in [0.1, 0.15) is 5.82 Å². The van der Waals surface area contributed by atoms with E-state index in [1.807, 2.05) is 30.3 Å². The Morgan fingerprint density at radius 2 is 1.89 bits per heavy atom. The summed E-state index contributed by atoms with van der Waals surface area (Å²) in [5.41, 5.74) is 7.91. The zero-order chi connectivity index (χ0) is 12.8. The lowest BCUT2D eigenvalue weighted by Crippen LogP contribution is -2.13. The monoisotopic (exact) mass is 242 g/mol. The maximum absolute atomic E-state index is 10.0. The molecule has 0 spiro atoms. The van der Waals surface area contributed by atoms with Gasteiger partial charge in [-0.15, -0.1) is 0 Å². The molecule has 0 saturated heterocycles. The van der Waals surface area contributed by atoms with Crippen LogP contribution < -0.4 is 5.73 Å². The van der Waals surface area contributed by atoms with Crippen LogP contribution in [0.4, 0.5) is 5.82 Å². The Bertz CT molecular complexity index is 485. The topological polar surface area (TPSA) is 59.1 Å². The van der Waals surface area contributed by atoms with E-state index >= 15 is 0 Å². The van der Waals surface area contributed by atoms with E-state index in [2.05, 4.69) is 17.1 Å². The van der Waals surface area contributed by atoms with Crippen LogP contribution in [0.25, 0.3) is 0 Å². The molecule has 0 saturated carbocycles. The molecule has 1 heterocycles. The molecule has 2 rings (SSSR count). The van der Waals surface area contributed by atoms with Crippen molar-refractivity contribution in [2.75, 3.05) is 5.73 Å². The van der Waals surface area contributed by atoms with Gasteiger partial charge in [-0.1, -0.05) is 36.4 Å². The molecule has 1 aromatic carbocycles. The summed E-state index contributed by atoms with van der Waals surface area (Å²) in [4.78, 5) is 4.02. The molecule has 0 bridgehead atoms. The number of pyridine rings is 1. The number of nitrogens with zero attached hydrogens (tertiary/aromatic N) is 1. The third-order valence-electron chi connectivity index (χ3n) is 2.99. The first-order valence-corrected chi connectivity index (χ1v) is 6.17. The molecule has 3 nitrogen and oxygen atoms in total. The third kappa shape index (κ3) is 3.57. The van der Waals surface area contributed by atoms with Crippen LogP contribution in [0.3, 0.4) is 0 Å². The van der Waals surface area contributed by atoms with Crippen molar-refractivity contribution in [2.24, 2.45) is 0 Å². The van der Waals surface area contributed by atoms with E-state index in [-0.39, 0.29) is 6.10 Å². The van der Waals surface area contributed by atoms with Crippen molar-refractivity contribution in [3.63, 3.8) is 0 Å². The summed E-state index contributed by atoms with van der Waals surface area (Å²) in [5.74, 6) is 0.510. The molecule has 0 aliphatic heterocycles. The molecule has 3 N–H and O–H groups in total. The van der Waals surface area contributed by atoms with Crippen LogP contribution in [0.1, 0.15) is 17.5 Å². The molecule has 94 valence electrons. The number of rotatable bonds is 5. The molecule has 2 aromatic rings. The molecule has 1 aromatic heterocycles. The van der Waals surface area contributed by atoms with Crippen LogP contribution in [-0.4, -0.2) is 16.2 Å². The first kappa shape index (κ1) is 12.6. The summed E-state index contributed by atoms with van der Waals surface area (Å²) in [5, 5.41) is 10.0. The number of aliphatic hydroxyl groups is 1. The number of aliphatic hydroxyl groups excluding tert-OH is 1. The van der Waals surface area contributed by atoms with Gasteiger partial charge in [0.25, 0.3) is 0 Å². The summed E-state index contributed by atoms with van der Waals surface area (Å²) in [6, 6.07) is 13.9. The van der Waals surface area contributed by atoms with Crippen LogP contribution in [-0.2, 0) is 12.8 Å². The quantitative estimate of drug-likeness (QED) is 0.845. The Balaban J connectivity index is 1.86. The number of aryl methyl sites for hydroxylation is 1. The van der Waals surface area contributed by atoms with E-state index in [1.165, 1.54) is 5.56 Å². The average Bonchev–Trinajstić information content (AvgIpc) is 2.40. The van der Waals surface area contributed by atoms with Crippen molar-refractivity contribution in [3.8, 4) is 0 Å². The Morgan fingerprint density at radius 1 is 1.11 bits per heavy atom. The SMILES string of the molecule is Nc1ncccc1CC(O)CCc1ccccc1. The number of nitrogens with two attached hydrogens (primary N) is 1. The average molecular weight is 242 g/mol. The summed E-state index contributed by atoms with van der Waals surface area (Å²) in [6.45, 7) is 0. The second-order valence-corrected chi connectivity index (χ2v) is 4.43. The van der Waals surface area contributed by atoms with Gasteiger partial charge in [-0.05, 0) is 30.0 Å². The highest BCUT2D eigenvalue weighted by molar-refractivity contribution is 5.38. The van der Waals surface area contributed by atoms with Gasteiger partial charge in [-0.25, -0.2) is 4.98 Å². The van der Waals surface area contributed by atoms with Crippen LogP contribution in [0, 0.1) is 0 Å². The molecule has 1 atom stereocenters. The standard InChI is InChI=1S/C15H18N2O/c16-15-13(7-4-10-17-15)11-14(18)9-8-12-5-2-1-3-6-12/h1-7,10,14,18H,8-9,11H2,(H2,16,17). The second-order valence-electron chi connectivity index (χ2n) is 4.43. The highest BCUT2D eigenvalue weighted by Gasteiger charge is 2.08. The van der Waals surface area contributed by atoms with Crippen molar-refractivity contribution in [3.05, 3.63) is 59.8 Å². The van der Waals surface area contributed by atoms with E-state index in [9.17, 15) is 5.11 Å². The van der Waals surface area contributed by atoms with Gasteiger partial charge in [-0.3, -0.25) is 0 Å². The largest absolute Gasteiger partial charge is 0.393 e. The predicted octanol–water partition coefficient (Wildman–Crippen LogP) is 2.20.